The van der Waals surface area contributed by atoms with Crippen molar-refractivity contribution in [3.05, 3.63) is 66.0 Å². The van der Waals surface area contributed by atoms with Crippen LogP contribution in [0.3, 0.4) is 0 Å². The number of carbonyl (C=O) groups excluding carboxylic acids is 2. The van der Waals surface area contributed by atoms with Gasteiger partial charge in [-0.05, 0) is 37.5 Å². The number of benzene rings is 2. The second kappa shape index (κ2) is 9.85. The Bertz CT molecular complexity index is 1070. The Balaban J connectivity index is 1.30. The highest BCUT2D eigenvalue weighted by atomic mass is 16.6. The van der Waals surface area contributed by atoms with Crippen molar-refractivity contribution in [3.8, 4) is 0 Å². The van der Waals surface area contributed by atoms with Gasteiger partial charge in [-0.25, -0.2) is 9.78 Å². The minimum absolute atomic E-state index is 0.0855. The number of fused-ring (bicyclic) bond motifs is 1. The molecule has 7 heteroatoms. The van der Waals surface area contributed by atoms with Crippen molar-refractivity contribution < 1.29 is 14.3 Å². The zero-order chi connectivity index (χ0) is 22.5. The molecule has 0 bridgehead atoms. The molecule has 1 aromatic heterocycles. The first kappa shape index (κ1) is 21.9. The highest BCUT2D eigenvalue weighted by Gasteiger charge is 2.30. The van der Waals surface area contributed by atoms with E-state index in [-0.39, 0.29) is 24.5 Å². The second-order valence-electron chi connectivity index (χ2n) is 8.26. The van der Waals surface area contributed by atoms with Gasteiger partial charge in [0.15, 0.2) is 0 Å². The number of ether oxygens (including phenoxy) is 1. The molecule has 1 fully saturated rings. The number of rotatable bonds is 6. The van der Waals surface area contributed by atoms with Crippen molar-refractivity contribution in [2.75, 3.05) is 20.1 Å². The maximum absolute atomic E-state index is 13.1. The van der Waals surface area contributed by atoms with Crippen molar-refractivity contribution in [2.45, 2.75) is 39.5 Å². The van der Waals surface area contributed by atoms with Crippen molar-refractivity contribution in [2.24, 2.45) is 5.92 Å². The number of para-hydroxylation sites is 2. The Kier molecular flexibility index (Phi) is 6.73. The normalized spacial score (nSPS) is 14.5. The molecular weight excluding hydrogens is 404 g/mol. The van der Waals surface area contributed by atoms with Gasteiger partial charge in [-0.1, -0.05) is 42.5 Å². The molecule has 1 aliphatic heterocycles. The first-order valence-corrected chi connectivity index (χ1v) is 11.2. The number of hydrogen-bond donors (Lipinski definition) is 0. The van der Waals surface area contributed by atoms with Crippen LogP contribution in [0.15, 0.2) is 54.6 Å². The number of aryl methyl sites for hydroxylation is 1. The van der Waals surface area contributed by atoms with Gasteiger partial charge in [-0.2, -0.15) is 0 Å². The quantitative estimate of drug-likeness (QED) is 0.587. The Labute approximate surface area is 188 Å². The average Bonchev–Trinajstić information content (AvgIpc) is 3.19. The number of hydrogen-bond acceptors (Lipinski definition) is 4. The fourth-order valence-electron chi connectivity index (χ4n) is 4.32. The summed E-state index contributed by atoms with van der Waals surface area (Å²) in [7, 11) is 1.84. The summed E-state index contributed by atoms with van der Waals surface area (Å²) in [6, 6.07) is 17.7. The number of likely N-dealkylation sites (tertiary alicyclic amines) is 1. The zero-order valence-electron chi connectivity index (χ0n) is 18.7. The van der Waals surface area contributed by atoms with Crippen molar-refractivity contribution in [1.29, 1.82) is 0 Å². The standard InChI is InChI=1S/C25H30N4O3/c1-3-29-22-12-8-7-11-21(22)26-23(29)17-27(2)24(30)20-13-15-28(16-14-20)25(31)32-18-19-9-5-4-6-10-19/h4-12,20H,3,13-18H2,1-2H3. The lowest BCUT2D eigenvalue weighted by atomic mass is 9.95. The molecule has 2 aromatic carbocycles. The number of aromatic nitrogens is 2. The van der Waals surface area contributed by atoms with Gasteiger partial charge in [-0.15, -0.1) is 0 Å². The van der Waals surface area contributed by atoms with Gasteiger partial charge in [0.25, 0.3) is 0 Å². The van der Waals surface area contributed by atoms with Gasteiger partial charge >= 0.3 is 6.09 Å². The van der Waals surface area contributed by atoms with E-state index in [0.717, 1.165) is 29.0 Å². The Morgan fingerprint density at radius 1 is 1.06 bits per heavy atom. The van der Waals surface area contributed by atoms with Crippen LogP contribution in [0.1, 0.15) is 31.2 Å². The molecule has 4 rings (SSSR count). The molecule has 0 unspecified atom stereocenters. The summed E-state index contributed by atoms with van der Waals surface area (Å²) < 4.78 is 7.58. The van der Waals surface area contributed by atoms with E-state index < -0.39 is 0 Å². The van der Waals surface area contributed by atoms with E-state index in [1.807, 2.05) is 55.6 Å². The van der Waals surface area contributed by atoms with Crippen LogP contribution < -0.4 is 0 Å². The van der Waals surface area contributed by atoms with E-state index in [0.29, 0.717) is 32.5 Å². The van der Waals surface area contributed by atoms with E-state index in [1.54, 1.807) is 9.80 Å². The van der Waals surface area contributed by atoms with Gasteiger partial charge in [0.1, 0.15) is 12.4 Å². The summed E-state index contributed by atoms with van der Waals surface area (Å²) in [5.41, 5.74) is 3.01. The van der Waals surface area contributed by atoms with Crippen LogP contribution in [0, 0.1) is 5.92 Å². The third-order valence-electron chi connectivity index (χ3n) is 6.11. The molecule has 0 spiro atoms. The smallest absolute Gasteiger partial charge is 0.410 e. The van der Waals surface area contributed by atoms with Crippen LogP contribution in [0.5, 0.6) is 0 Å². The lowest BCUT2D eigenvalue weighted by molar-refractivity contribution is -0.136. The molecule has 7 nitrogen and oxygen atoms in total. The summed E-state index contributed by atoms with van der Waals surface area (Å²) in [4.78, 5) is 33.6. The van der Waals surface area contributed by atoms with Crippen LogP contribution in [-0.2, 0) is 29.2 Å². The van der Waals surface area contributed by atoms with Crippen LogP contribution >= 0.6 is 0 Å². The van der Waals surface area contributed by atoms with E-state index in [4.69, 9.17) is 9.72 Å². The first-order valence-electron chi connectivity index (χ1n) is 11.2. The maximum atomic E-state index is 13.1. The predicted octanol–water partition coefficient (Wildman–Crippen LogP) is 4.06. The Morgan fingerprint density at radius 2 is 1.75 bits per heavy atom. The molecule has 1 saturated heterocycles. The largest absolute Gasteiger partial charge is 0.445 e. The minimum Gasteiger partial charge on any atom is -0.445 e. The van der Waals surface area contributed by atoms with Gasteiger partial charge in [-0.3, -0.25) is 4.79 Å². The van der Waals surface area contributed by atoms with Crippen LogP contribution in [-0.4, -0.2) is 51.5 Å². The topological polar surface area (TPSA) is 67.7 Å². The molecule has 1 aliphatic rings. The molecule has 0 atom stereocenters. The fraction of sp³-hybridized carbons (Fsp3) is 0.400. The van der Waals surface area contributed by atoms with E-state index in [2.05, 4.69) is 17.6 Å². The van der Waals surface area contributed by atoms with Crippen molar-refractivity contribution in [1.82, 2.24) is 19.4 Å². The number of piperidine rings is 1. The van der Waals surface area contributed by atoms with Gasteiger partial charge in [0.2, 0.25) is 5.91 Å². The van der Waals surface area contributed by atoms with E-state index in [1.165, 1.54) is 0 Å². The summed E-state index contributed by atoms with van der Waals surface area (Å²) in [6.07, 6.45) is 0.978. The summed E-state index contributed by atoms with van der Waals surface area (Å²) in [5.74, 6) is 0.918. The molecule has 2 amide bonds. The first-order chi connectivity index (χ1) is 15.6. The zero-order valence-corrected chi connectivity index (χ0v) is 18.7. The number of nitrogens with zero attached hydrogens (tertiary/aromatic N) is 4. The lowest BCUT2D eigenvalue weighted by Crippen LogP contribution is -2.43. The van der Waals surface area contributed by atoms with Gasteiger partial charge < -0.3 is 19.1 Å². The van der Waals surface area contributed by atoms with Crippen LogP contribution in [0.4, 0.5) is 4.79 Å². The average molecular weight is 435 g/mol. The molecule has 0 aliphatic carbocycles. The number of amides is 2. The molecule has 2 heterocycles. The SMILES string of the molecule is CCn1c(CN(C)C(=O)C2CCN(C(=O)OCc3ccccc3)CC2)nc2ccccc21. The van der Waals surface area contributed by atoms with Crippen LogP contribution in [0.2, 0.25) is 0 Å². The summed E-state index contributed by atoms with van der Waals surface area (Å²) in [6.45, 7) is 4.70. The second-order valence-corrected chi connectivity index (χ2v) is 8.26. The Hall–Kier alpha value is -3.35. The molecule has 3 aromatic rings. The molecule has 0 N–H and O–H groups in total. The third-order valence-corrected chi connectivity index (χ3v) is 6.11. The molecule has 0 radical (unpaired) electrons. The third kappa shape index (κ3) is 4.77. The fourth-order valence-corrected chi connectivity index (χ4v) is 4.32. The van der Waals surface area contributed by atoms with E-state index >= 15 is 0 Å². The van der Waals surface area contributed by atoms with Crippen molar-refractivity contribution in [3.63, 3.8) is 0 Å². The Morgan fingerprint density at radius 3 is 2.47 bits per heavy atom. The highest BCUT2D eigenvalue weighted by molar-refractivity contribution is 5.79. The number of imidazole rings is 1. The summed E-state index contributed by atoms with van der Waals surface area (Å²) >= 11 is 0. The molecular formula is C25H30N4O3. The van der Waals surface area contributed by atoms with Gasteiger partial charge in [0.05, 0.1) is 17.6 Å². The highest BCUT2D eigenvalue weighted by Crippen LogP contribution is 2.22. The monoisotopic (exact) mass is 434 g/mol. The predicted molar refractivity (Wildman–Crippen MR) is 123 cm³/mol. The maximum Gasteiger partial charge on any atom is 0.410 e. The van der Waals surface area contributed by atoms with Crippen LogP contribution in [0.25, 0.3) is 11.0 Å². The van der Waals surface area contributed by atoms with Gasteiger partial charge in [0, 0.05) is 32.6 Å². The van der Waals surface area contributed by atoms with E-state index in [9.17, 15) is 9.59 Å². The lowest BCUT2D eigenvalue weighted by Gasteiger charge is -2.32. The summed E-state index contributed by atoms with van der Waals surface area (Å²) in [5, 5.41) is 0. The molecule has 0 saturated carbocycles. The minimum atomic E-state index is -0.315. The molecule has 168 valence electrons. The van der Waals surface area contributed by atoms with Crippen molar-refractivity contribution >= 4 is 23.0 Å². The number of carbonyl (C=O) groups is 2. The molecule has 32 heavy (non-hydrogen) atoms.